The molecule has 0 atom stereocenters. The average molecular weight is 342 g/mol. The highest BCUT2D eigenvalue weighted by Gasteiger charge is 2.21. The number of nitrogens with zero attached hydrogens (tertiary/aromatic N) is 4. The molecule has 7 heteroatoms. The summed E-state index contributed by atoms with van der Waals surface area (Å²) in [7, 11) is 0. The summed E-state index contributed by atoms with van der Waals surface area (Å²) in [6.45, 7) is 7.65. The number of hydrogen-bond acceptors (Lipinski definition) is 5. The van der Waals surface area contributed by atoms with Gasteiger partial charge in [0.2, 0.25) is 11.9 Å². The van der Waals surface area contributed by atoms with Crippen molar-refractivity contribution in [3.8, 4) is 0 Å². The second kappa shape index (κ2) is 6.88. The number of halogens is 1. The van der Waals surface area contributed by atoms with E-state index in [-0.39, 0.29) is 5.91 Å². The Labute approximate surface area is 127 Å². The van der Waals surface area contributed by atoms with Crippen molar-refractivity contribution in [2.45, 2.75) is 20.3 Å². The lowest BCUT2D eigenvalue weighted by atomic mass is 10.3. The van der Waals surface area contributed by atoms with Crippen molar-refractivity contribution < 1.29 is 4.79 Å². The first-order chi connectivity index (χ1) is 9.61. The molecular weight excluding hydrogens is 322 g/mol. The van der Waals surface area contributed by atoms with E-state index in [0.29, 0.717) is 5.95 Å². The van der Waals surface area contributed by atoms with Crippen LogP contribution < -0.4 is 10.2 Å². The Hall–Kier alpha value is -1.37. The quantitative estimate of drug-likeness (QED) is 0.903. The van der Waals surface area contributed by atoms with Crippen molar-refractivity contribution >= 4 is 33.6 Å². The molecule has 6 nitrogen and oxygen atoms in total. The van der Waals surface area contributed by atoms with Crippen molar-refractivity contribution in [2.75, 3.05) is 42.9 Å². The second-order valence-electron chi connectivity index (χ2n) is 4.79. The molecule has 1 saturated heterocycles. The molecule has 20 heavy (non-hydrogen) atoms. The molecule has 1 aromatic heterocycles. The van der Waals surface area contributed by atoms with Gasteiger partial charge >= 0.3 is 0 Å². The standard InChI is InChI=1S/C13H20BrN5O/c1-3-4-15-13-16-9-11(14)12(17-13)19-7-5-18(6-8-19)10(2)20/h9H,3-8H2,1-2H3,(H,15,16,17). The van der Waals surface area contributed by atoms with Gasteiger partial charge < -0.3 is 15.1 Å². The summed E-state index contributed by atoms with van der Waals surface area (Å²) in [6.07, 6.45) is 2.81. The monoisotopic (exact) mass is 341 g/mol. The summed E-state index contributed by atoms with van der Waals surface area (Å²) in [6, 6.07) is 0. The predicted molar refractivity (Wildman–Crippen MR) is 83.0 cm³/mol. The SMILES string of the molecule is CCCNc1ncc(Br)c(N2CCN(C(C)=O)CC2)n1. The number of carbonyl (C=O) groups is 1. The summed E-state index contributed by atoms with van der Waals surface area (Å²) in [4.78, 5) is 24.2. The molecule has 1 aliphatic rings. The number of rotatable bonds is 4. The summed E-state index contributed by atoms with van der Waals surface area (Å²) in [5.74, 6) is 1.68. The third-order valence-electron chi connectivity index (χ3n) is 3.28. The highest BCUT2D eigenvalue weighted by atomic mass is 79.9. The zero-order valence-electron chi connectivity index (χ0n) is 11.9. The van der Waals surface area contributed by atoms with E-state index >= 15 is 0 Å². The number of amides is 1. The molecule has 2 heterocycles. The van der Waals surface area contributed by atoms with Crippen LogP contribution in [0.5, 0.6) is 0 Å². The van der Waals surface area contributed by atoms with Gasteiger partial charge in [0, 0.05) is 45.8 Å². The fourth-order valence-electron chi connectivity index (χ4n) is 2.14. The molecule has 1 amide bonds. The Bertz CT molecular complexity index is 474. The van der Waals surface area contributed by atoms with Crippen molar-refractivity contribution in [2.24, 2.45) is 0 Å². The largest absolute Gasteiger partial charge is 0.354 e. The zero-order chi connectivity index (χ0) is 14.5. The zero-order valence-corrected chi connectivity index (χ0v) is 13.5. The molecule has 110 valence electrons. The number of hydrogen-bond donors (Lipinski definition) is 1. The first kappa shape index (κ1) is 15.0. The summed E-state index contributed by atoms with van der Waals surface area (Å²) >= 11 is 3.50. The van der Waals surface area contributed by atoms with Gasteiger partial charge in [0.25, 0.3) is 0 Å². The Kier molecular flexibility index (Phi) is 5.17. The van der Waals surface area contributed by atoms with Gasteiger partial charge in [-0.25, -0.2) is 4.98 Å². The highest BCUT2D eigenvalue weighted by Crippen LogP contribution is 2.25. The van der Waals surface area contributed by atoms with Crippen LogP contribution in [0, 0.1) is 0 Å². The maximum Gasteiger partial charge on any atom is 0.224 e. The van der Waals surface area contributed by atoms with E-state index in [0.717, 1.165) is 49.4 Å². The van der Waals surface area contributed by atoms with E-state index < -0.39 is 0 Å². The topological polar surface area (TPSA) is 61.4 Å². The molecule has 1 N–H and O–H groups in total. The lowest BCUT2D eigenvalue weighted by Gasteiger charge is -2.35. The first-order valence-corrected chi connectivity index (χ1v) is 7.68. The van der Waals surface area contributed by atoms with Crippen molar-refractivity contribution in [1.82, 2.24) is 14.9 Å². The van der Waals surface area contributed by atoms with Crippen LogP contribution >= 0.6 is 15.9 Å². The van der Waals surface area contributed by atoms with Gasteiger partial charge in [-0.15, -0.1) is 0 Å². The van der Waals surface area contributed by atoms with Gasteiger partial charge in [-0.1, -0.05) is 6.92 Å². The number of aromatic nitrogens is 2. The van der Waals surface area contributed by atoms with E-state index in [1.165, 1.54) is 0 Å². The van der Waals surface area contributed by atoms with Crippen LogP contribution in [0.2, 0.25) is 0 Å². The second-order valence-corrected chi connectivity index (χ2v) is 5.64. The fraction of sp³-hybridized carbons (Fsp3) is 0.615. The minimum atomic E-state index is 0.136. The molecule has 0 aliphatic carbocycles. The van der Waals surface area contributed by atoms with Crippen LogP contribution in [-0.4, -0.2) is 53.5 Å². The molecular formula is C13H20BrN5O. The van der Waals surface area contributed by atoms with E-state index in [9.17, 15) is 4.79 Å². The van der Waals surface area contributed by atoms with Crippen LogP contribution in [0.25, 0.3) is 0 Å². The molecule has 1 aliphatic heterocycles. The predicted octanol–water partition coefficient (Wildman–Crippen LogP) is 1.73. The highest BCUT2D eigenvalue weighted by molar-refractivity contribution is 9.10. The van der Waals surface area contributed by atoms with Crippen LogP contribution in [0.4, 0.5) is 11.8 Å². The third kappa shape index (κ3) is 3.59. The smallest absolute Gasteiger partial charge is 0.224 e. The van der Waals surface area contributed by atoms with Crippen molar-refractivity contribution in [3.63, 3.8) is 0 Å². The Morgan fingerprint density at radius 3 is 2.70 bits per heavy atom. The summed E-state index contributed by atoms with van der Waals surface area (Å²) in [5, 5.41) is 3.19. The number of nitrogens with one attached hydrogen (secondary N) is 1. The maximum atomic E-state index is 11.3. The fourth-order valence-corrected chi connectivity index (χ4v) is 2.58. The molecule has 0 saturated carbocycles. The van der Waals surface area contributed by atoms with E-state index in [1.54, 1.807) is 13.1 Å². The van der Waals surface area contributed by atoms with E-state index in [1.807, 2.05) is 4.90 Å². The lowest BCUT2D eigenvalue weighted by Crippen LogP contribution is -2.48. The van der Waals surface area contributed by atoms with E-state index in [4.69, 9.17) is 0 Å². The summed E-state index contributed by atoms with van der Waals surface area (Å²) in [5.41, 5.74) is 0. The minimum absolute atomic E-state index is 0.136. The number of anilines is 2. The van der Waals surface area contributed by atoms with Gasteiger partial charge in [0.05, 0.1) is 4.47 Å². The van der Waals surface area contributed by atoms with Crippen molar-refractivity contribution in [3.05, 3.63) is 10.7 Å². The van der Waals surface area contributed by atoms with Crippen LogP contribution in [0.15, 0.2) is 10.7 Å². The van der Waals surface area contributed by atoms with Gasteiger partial charge in [0.15, 0.2) is 0 Å². The van der Waals surface area contributed by atoms with Gasteiger partial charge in [-0.3, -0.25) is 4.79 Å². The number of carbonyl (C=O) groups excluding carboxylic acids is 1. The number of piperazine rings is 1. The van der Waals surface area contributed by atoms with Crippen LogP contribution in [0.1, 0.15) is 20.3 Å². The molecule has 0 bridgehead atoms. The Morgan fingerprint density at radius 1 is 1.40 bits per heavy atom. The lowest BCUT2D eigenvalue weighted by molar-refractivity contribution is -0.129. The van der Waals surface area contributed by atoms with Crippen molar-refractivity contribution in [1.29, 1.82) is 0 Å². The van der Waals surface area contributed by atoms with Gasteiger partial charge in [0.1, 0.15) is 5.82 Å². The van der Waals surface area contributed by atoms with Gasteiger partial charge in [-0.05, 0) is 22.4 Å². The first-order valence-electron chi connectivity index (χ1n) is 6.88. The molecule has 2 rings (SSSR count). The molecule has 0 radical (unpaired) electrons. The molecule has 0 aromatic carbocycles. The van der Waals surface area contributed by atoms with Gasteiger partial charge in [-0.2, -0.15) is 4.98 Å². The minimum Gasteiger partial charge on any atom is -0.354 e. The Balaban J connectivity index is 2.06. The van der Waals surface area contributed by atoms with Crippen LogP contribution in [-0.2, 0) is 4.79 Å². The third-order valence-corrected chi connectivity index (χ3v) is 3.84. The normalized spacial score (nSPS) is 15.3. The summed E-state index contributed by atoms with van der Waals surface area (Å²) < 4.78 is 0.885. The maximum absolute atomic E-state index is 11.3. The average Bonchev–Trinajstić information content (AvgIpc) is 2.46. The molecule has 0 spiro atoms. The molecule has 1 fully saturated rings. The van der Waals surface area contributed by atoms with Crippen LogP contribution in [0.3, 0.4) is 0 Å². The Morgan fingerprint density at radius 2 is 2.10 bits per heavy atom. The molecule has 1 aromatic rings. The van der Waals surface area contributed by atoms with E-state index in [2.05, 4.69) is 43.0 Å². The molecule has 0 unspecified atom stereocenters.